The van der Waals surface area contributed by atoms with Crippen molar-refractivity contribution in [3.8, 4) is 6.07 Å². The quantitative estimate of drug-likeness (QED) is 0.681. The Kier molecular flexibility index (Phi) is 4.83. The number of hydrogen-bond acceptors (Lipinski definition) is 5. The molecule has 3 N–H and O–H groups in total. The molecule has 0 bridgehead atoms. The van der Waals surface area contributed by atoms with Crippen molar-refractivity contribution in [3.05, 3.63) is 29.8 Å². The topological polar surface area (TPSA) is 127 Å². The van der Waals surface area contributed by atoms with E-state index in [-0.39, 0.29) is 10.5 Å². The molecule has 0 radical (unpaired) electrons. The normalized spacial score (nSPS) is 14.2. The van der Waals surface area contributed by atoms with E-state index in [1.807, 2.05) is 6.07 Å². The van der Waals surface area contributed by atoms with Crippen molar-refractivity contribution in [1.82, 2.24) is 4.72 Å². The number of nitrogens with one attached hydrogen (secondary N) is 1. The van der Waals surface area contributed by atoms with E-state index in [0.717, 1.165) is 0 Å². The fourth-order valence-electron chi connectivity index (χ4n) is 1.45. The molecule has 20 heavy (non-hydrogen) atoms. The average Bonchev–Trinajstić information content (AvgIpc) is 2.35. The molecule has 1 aromatic carbocycles. The van der Waals surface area contributed by atoms with Crippen LogP contribution in [-0.2, 0) is 14.8 Å². The second-order valence-electron chi connectivity index (χ2n) is 4.53. The summed E-state index contributed by atoms with van der Waals surface area (Å²) in [6.45, 7) is 0.772. The van der Waals surface area contributed by atoms with Crippen LogP contribution in [0.2, 0.25) is 0 Å². The van der Waals surface area contributed by atoms with Crippen LogP contribution in [0.3, 0.4) is 0 Å². The van der Waals surface area contributed by atoms with Crippen LogP contribution in [0.1, 0.15) is 18.9 Å². The van der Waals surface area contributed by atoms with Crippen molar-refractivity contribution in [3.63, 3.8) is 0 Å². The van der Waals surface area contributed by atoms with Gasteiger partial charge in [0.1, 0.15) is 0 Å². The molecule has 8 heteroatoms. The molecule has 0 saturated heterocycles. The second kappa shape index (κ2) is 6.00. The van der Waals surface area contributed by atoms with Crippen molar-refractivity contribution < 1.29 is 23.4 Å². The number of nitriles is 1. The molecule has 7 nitrogen and oxygen atoms in total. The van der Waals surface area contributed by atoms with Crippen LogP contribution in [0, 0.1) is 11.3 Å². The molecule has 0 spiro atoms. The first-order valence-corrected chi connectivity index (χ1v) is 7.09. The van der Waals surface area contributed by atoms with Crippen LogP contribution in [-0.4, -0.2) is 36.7 Å². The smallest absolute Gasteiger partial charge is 0.306 e. The molecule has 1 unspecified atom stereocenters. The van der Waals surface area contributed by atoms with Gasteiger partial charge in [-0.3, -0.25) is 4.79 Å². The van der Waals surface area contributed by atoms with E-state index in [1.165, 1.54) is 31.2 Å². The number of carboxylic acid groups (broad SMARTS) is 1. The Balaban J connectivity index is 2.85. The summed E-state index contributed by atoms with van der Waals surface area (Å²) in [5.41, 5.74) is -1.52. The van der Waals surface area contributed by atoms with Gasteiger partial charge < -0.3 is 10.2 Å². The fourth-order valence-corrected chi connectivity index (χ4v) is 2.66. The summed E-state index contributed by atoms with van der Waals surface area (Å²) >= 11 is 0. The number of benzene rings is 1. The molecule has 0 aliphatic carbocycles. The highest BCUT2D eigenvalue weighted by molar-refractivity contribution is 7.89. The largest absolute Gasteiger partial charge is 0.481 e. The Hall–Kier alpha value is -1.95. The Morgan fingerprint density at radius 3 is 2.70 bits per heavy atom. The summed E-state index contributed by atoms with van der Waals surface area (Å²) in [6.07, 6.45) is -0.590. The van der Waals surface area contributed by atoms with E-state index < -0.39 is 34.6 Å². The Labute approximate surface area is 116 Å². The van der Waals surface area contributed by atoms with E-state index in [1.54, 1.807) is 0 Å². The minimum Gasteiger partial charge on any atom is -0.481 e. The highest BCUT2D eigenvalue weighted by Gasteiger charge is 2.27. The lowest BCUT2D eigenvalue weighted by Gasteiger charge is -2.21. The Morgan fingerprint density at radius 2 is 2.15 bits per heavy atom. The molecule has 0 aliphatic heterocycles. The third-order valence-corrected chi connectivity index (χ3v) is 3.85. The molecule has 0 aromatic heterocycles. The molecule has 0 amide bonds. The summed E-state index contributed by atoms with van der Waals surface area (Å²) in [5, 5.41) is 27.0. The number of carbonyl (C=O) groups is 1. The zero-order valence-corrected chi connectivity index (χ0v) is 11.5. The van der Waals surface area contributed by atoms with Gasteiger partial charge in [-0.05, 0) is 25.1 Å². The van der Waals surface area contributed by atoms with Crippen LogP contribution in [0.25, 0.3) is 0 Å². The van der Waals surface area contributed by atoms with Crippen LogP contribution in [0.15, 0.2) is 29.2 Å². The first-order valence-electron chi connectivity index (χ1n) is 5.60. The van der Waals surface area contributed by atoms with Gasteiger partial charge >= 0.3 is 5.97 Å². The zero-order valence-electron chi connectivity index (χ0n) is 10.7. The predicted molar refractivity (Wildman–Crippen MR) is 69.2 cm³/mol. The van der Waals surface area contributed by atoms with Crippen molar-refractivity contribution in [2.75, 3.05) is 6.54 Å². The van der Waals surface area contributed by atoms with Crippen molar-refractivity contribution in [2.45, 2.75) is 23.8 Å². The minimum atomic E-state index is -3.92. The van der Waals surface area contributed by atoms with Gasteiger partial charge in [0.2, 0.25) is 10.0 Å². The van der Waals surface area contributed by atoms with Gasteiger partial charge in [-0.2, -0.15) is 5.26 Å². The van der Waals surface area contributed by atoms with E-state index in [9.17, 15) is 18.3 Å². The minimum absolute atomic E-state index is 0.123. The maximum absolute atomic E-state index is 12.0. The maximum Gasteiger partial charge on any atom is 0.306 e. The first-order chi connectivity index (χ1) is 9.16. The molecule has 108 valence electrons. The fraction of sp³-hybridized carbons (Fsp3) is 0.333. The van der Waals surface area contributed by atoms with Crippen molar-refractivity contribution >= 4 is 16.0 Å². The zero-order chi connectivity index (χ0) is 15.4. The van der Waals surface area contributed by atoms with Crippen LogP contribution >= 0.6 is 0 Å². The lowest BCUT2D eigenvalue weighted by atomic mass is 10.0. The molecule has 0 saturated carbocycles. The molecule has 1 aromatic rings. The summed E-state index contributed by atoms with van der Waals surface area (Å²) in [5.74, 6) is -1.24. The van der Waals surface area contributed by atoms with Gasteiger partial charge in [0, 0.05) is 6.54 Å². The second-order valence-corrected chi connectivity index (χ2v) is 6.30. The third kappa shape index (κ3) is 4.62. The van der Waals surface area contributed by atoms with Gasteiger partial charge in [0.15, 0.2) is 0 Å². The van der Waals surface area contributed by atoms with Gasteiger partial charge in [0.25, 0.3) is 0 Å². The lowest BCUT2D eigenvalue weighted by molar-refractivity contribution is -0.141. The SMILES string of the molecule is CC(O)(CNS(=O)(=O)c1cccc(C#N)c1)CC(=O)O. The summed E-state index contributed by atoms with van der Waals surface area (Å²) in [4.78, 5) is 10.4. The molecule has 0 heterocycles. The number of aliphatic carboxylic acids is 1. The molecule has 1 atom stereocenters. The number of sulfonamides is 1. The Morgan fingerprint density at radius 1 is 1.50 bits per heavy atom. The monoisotopic (exact) mass is 298 g/mol. The standard InChI is InChI=1S/C12H14N2O5S/c1-12(17,6-11(15)16)8-14-20(18,19)10-4-2-3-9(5-10)7-13/h2-5,14,17H,6,8H2,1H3,(H,15,16). The highest BCUT2D eigenvalue weighted by Crippen LogP contribution is 2.13. The number of carboxylic acids is 1. The van der Waals surface area contributed by atoms with Gasteiger partial charge in [0.05, 0.1) is 28.6 Å². The summed E-state index contributed by atoms with van der Waals surface area (Å²) in [6, 6.07) is 7.19. The van der Waals surface area contributed by atoms with E-state index in [0.29, 0.717) is 0 Å². The summed E-state index contributed by atoms with van der Waals surface area (Å²) in [7, 11) is -3.92. The summed E-state index contributed by atoms with van der Waals surface area (Å²) < 4.78 is 26.0. The van der Waals surface area contributed by atoms with Crippen LogP contribution < -0.4 is 4.72 Å². The molecule has 0 aliphatic rings. The van der Waals surface area contributed by atoms with Crippen LogP contribution in [0.4, 0.5) is 0 Å². The van der Waals surface area contributed by atoms with E-state index in [2.05, 4.69) is 4.72 Å². The molecule has 0 fully saturated rings. The highest BCUT2D eigenvalue weighted by atomic mass is 32.2. The van der Waals surface area contributed by atoms with Crippen molar-refractivity contribution in [1.29, 1.82) is 5.26 Å². The van der Waals surface area contributed by atoms with Crippen LogP contribution in [0.5, 0.6) is 0 Å². The Bertz CT molecular complexity index is 646. The predicted octanol–water partition coefficient (Wildman–Crippen LogP) is 0.0623. The van der Waals surface area contributed by atoms with Gasteiger partial charge in [-0.1, -0.05) is 6.07 Å². The van der Waals surface area contributed by atoms with Gasteiger partial charge in [-0.15, -0.1) is 0 Å². The number of rotatable bonds is 6. The molecule has 1 rings (SSSR count). The lowest BCUT2D eigenvalue weighted by Crippen LogP contribution is -2.42. The number of hydrogen-bond donors (Lipinski definition) is 3. The first kappa shape index (κ1) is 16.1. The van der Waals surface area contributed by atoms with E-state index in [4.69, 9.17) is 10.4 Å². The van der Waals surface area contributed by atoms with Gasteiger partial charge in [-0.25, -0.2) is 13.1 Å². The third-order valence-electron chi connectivity index (χ3n) is 2.45. The molecular formula is C12H14N2O5S. The average molecular weight is 298 g/mol. The van der Waals surface area contributed by atoms with Crippen molar-refractivity contribution in [2.24, 2.45) is 0 Å². The maximum atomic E-state index is 12.0. The van der Waals surface area contributed by atoms with E-state index >= 15 is 0 Å². The number of nitrogens with zero attached hydrogens (tertiary/aromatic N) is 1. The molecular weight excluding hydrogens is 284 g/mol. The number of aliphatic hydroxyl groups is 1.